The predicted molar refractivity (Wildman–Crippen MR) is 79.4 cm³/mol. The van der Waals surface area contributed by atoms with Crippen molar-refractivity contribution in [3.8, 4) is 5.88 Å². The Hall–Kier alpha value is -1.62. The maximum absolute atomic E-state index is 5.72. The number of aryl methyl sites for hydroxylation is 1. The highest BCUT2D eigenvalue weighted by Gasteiger charge is 2.04. The summed E-state index contributed by atoms with van der Waals surface area (Å²) in [7, 11) is 1.83. The number of nitrogens with zero attached hydrogens (tertiary/aromatic N) is 2. The molecule has 100 valence electrons. The molecule has 0 spiro atoms. The van der Waals surface area contributed by atoms with Crippen LogP contribution in [-0.4, -0.2) is 17.0 Å². The average Bonchev–Trinajstić information content (AvgIpc) is 2.44. The molecule has 0 saturated heterocycles. The number of nitrogens with one attached hydrogen (secondary N) is 1. The molecule has 0 unspecified atom stereocenters. The summed E-state index contributed by atoms with van der Waals surface area (Å²) in [6.45, 7) is 2.51. The zero-order valence-electron chi connectivity index (χ0n) is 11.0. The number of anilines is 1. The summed E-state index contributed by atoms with van der Waals surface area (Å²) in [6, 6.07) is 9.82. The fourth-order valence-corrected chi connectivity index (χ4v) is 2.06. The van der Waals surface area contributed by atoms with Gasteiger partial charge >= 0.3 is 0 Å². The SMILES string of the molecule is CCc1nc(NC)cc(OCc2cccc(Br)c2)n1. The molecule has 4 nitrogen and oxygen atoms in total. The van der Waals surface area contributed by atoms with Crippen molar-refractivity contribution in [1.29, 1.82) is 0 Å². The largest absolute Gasteiger partial charge is 0.473 e. The van der Waals surface area contributed by atoms with Gasteiger partial charge < -0.3 is 10.1 Å². The molecule has 0 saturated carbocycles. The van der Waals surface area contributed by atoms with Crippen molar-refractivity contribution in [3.63, 3.8) is 0 Å². The number of hydrogen-bond donors (Lipinski definition) is 1. The van der Waals surface area contributed by atoms with Gasteiger partial charge in [0.05, 0.1) is 0 Å². The Morgan fingerprint density at radius 3 is 2.79 bits per heavy atom. The van der Waals surface area contributed by atoms with Gasteiger partial charge in [0.15, 0.2) is 0 Å². The molecular formula is C14H16BrN3O. The minimum atomic E-state index is 0.489. The van der Waals surface area contributed by atoms with E-state index >= 15 is 0 Å². The van der Waals surface area contributed by atoms with E-state index < -0.39 is 0 Å². The zero-order chi connectivity index (χ0) is 13.7. The molecule has 19 heavy (non-hydrogen) atoms. The van der Waals surface area contributed by atoms with E-state index in [1.54, 1.807) is 6.07 Å². The van der Waals surface area contributed by atoms with E-state index in [4.69, 9.17) is 4.74 Å². The fraction of sp³-hybridized carbons (Fsp3) is 0.286. The summed E-state index contributed by atoms with van der Waals surface area (Å²) < 4.78 is 6.76. The Morgan fingerprint density at radius 1 is 1.26 bits per heavy atom. The van der Waals surface area contributed by atoms with Gasteiger partial charge in [-0.2, -0.15) is 4.98 Å². The van der Waals surface area contributed by atoms with Gasteiger partial charge in [-0.3, -0.25) is 0 Å². The Morgan fingerprint density at radius 2 is 2.11 bits per heavy atom. The van der Waals surface area contributed by atoms with Crippen LogP contribution in [0, 0.1) is 0 Å². The van der Waals surface area contributed by atoms with Crippen molar-refractivity contribution in [1.82, 2.24) is 9.97 Å². The second kappa shape index (κ2) is 6.52. The molecule has 0 aliphatic rings. The van der Waals surface area contributed by atoms with Crippen LogP contribution in [0.15, 0.2) is 34.8 Å². The maximum Gasteiger partial charge on any atom is 0.219 e. The van der Waals surface area contributed by atoms with Gasteiger partial charge in [-0.05, 0) is 17.7 Å². The lowest BCUT2D eigenvalue weighted by molar-refractivity contribution is 0.292. The molecule has 1 aromatic carbocycles. The van der Waals surface area contributed by atoms with Gasteiger partial charge in [0, 0.05) is 24.0 Å². The van der Waals surface area contributed by atoms with Crippen molar-refractivity contribution in [2.24, 2.45) is 0 Å². The third kappa shape index (κ3) is 3.92. The maximum atomic E-state index is 5.72. The number of halogens is 1. The van der Waals surface area contributed by atoms with Crippen molar-refractivity contribution in [3.05, 3.63) is 46.2 Å². The van der Waals surface area contributed by atoms with E-state index in [1.165, 1.54) is 0 Å². The zero-order valence-corrected chi connectivity index (χ0v) is 12.6. The monoisotopic (exact) mass is 321 g/mol. The minimum Gasteiger partial charge on any atom is -0.473 e. The van der Waals surface area contributed by atoms with E-state index in [0.29, 0.717) is 12.5 Å². The molecule has 5 heteroatoms. The first-order chi connectivity index (χ1) is 9.21. The topological polar surface area (TPSA) is 47.0 Å². The van der Waals surface area contributed by atoms with Crippen LogP contribution in [0.25, 0.3) is 0 Å². The average molecular weight is 322 g/mol. The molecule has 0 radical (unpaired) electrons. The van der Waals surface area contributed by atoms with Crippen LogP contribution in [0.2, 0.25) is 0 Å². The molecule has 1 aromatic heterocycles. The molecule has 0 atom stereocenters. The van der Waals surface area contributed by atoms with Gasteiger partial charge in [0.2, 0.25) is 5.88 Å². The number of ether oxygens (including phenoxy) is 1. The number of rotatable bonds is 5. The summed E-state index contributed by atoms with van der Waals surface area (Å²) in [4.78, 5) is 8.68. The lowest BCUT2D eigenvalue weighted by atomic mass is 10.2. The van der Waals surface area contributed by atoms with Crippen molar-refractivity contribution in [2.75, 3.05) is 12.4 Å². The Kier molecular flexibility index (Phi) is 4.74. The lowest BCUT2D eigenvalue weighted by Crippen LogP contribution is -2.03. The van der Waals surface area contributed by atoms with Gasteiger partial charge in [0.25, 0.3) is 0 Å². The number of hydrogen-bond acceptors (Lipinski definition) is 4. The van der Waals surface area contributed by atoms with Crippen LogP contribution >= 0.6 is 15.9 Å². The van der Waals surface area contributed by atoms with Crippen LogP contribution in [0.1, 0.15) is 18.3 Å². The highest BCUT2D eigenvalue weighted by Crippen LogP contribution is 2.17. The predicted octanol–water partition coefficient (Wildman–Crippen LogP) is 3.42. The Balaban J connectivity index is 2.10. The van der Waals surface area contributed by atoms with Crippen LogP contribution in [0.5, 0.6) is 5.88 Å². The molecule has 0 aliphatic carbocycles. The quantitative estimate of drug-likeness (QED) is 0.916. The molecule has 0 fully saturated rings. The third-order valence-corrected chi connectivity index (χ3v) is 3.09. The van der Waals surface area contributed by atoms with Gasteiger partial charge in [-0.25, -0.2) is 4.98 Å². The van der Waals surface area contributed by atoms with Gasteiger partial charge in [0.1, 0.15) is 18.2 Å². The van der Waals surface area contributed by atoms with E-state index in [1.807, 2.05) is 38.2 Å². The molecule has 0 aliphatic heterocycles. The molecule has 2 aromatic rings. The van der Waals surface area contributed by atoms with Crippen molar-refractivity contribution < 1.29 is 4.74 Å². The second-order valence-corrected chi connectivity index (χ2v) is 4.95. The first-order valence-corrected chi connectivity index (χ1v) is 6.93. The molecule has 0 amide bonds. The van der Waals surface area contributed by atoms with Crippen LogP contribution in [0.3, 0.4) is 0 Å². The first-order valence-electron chi connectivity index (χ1n) is 6.14. The van der Waals surface area contributed by atoms with Gasteiger partial charge in [-0.15, -0.1) is 0 Å². The summed E-state index contributed by atoms with van der Waals surface area (Å²) in [5.74, 6) is 2.14. The first kappa shape index (κ1) is 13.8. The highest BCUT2D eigenvalue weighted by atomic mass is 79.9. The second-order valence-electron chi connectivity index (χ2n) is 4.03. The Bertz CT molecular complexity index is 538. The lowest BCUT2D eigenvalue weighted by Gasteiger charge is -2.09. The number of aromatic nitrogens is 2. The normalized spacial score (nSPS) is 10.3. The van der Waals surface area contributed by atoms with Crippen LogP contribution < -0.4 is 10.1 Å². The molecule has 0 bridgehead atoms. The molecule has 1 N–H and O–H groups in total. The van der Waals surface area contributed by atoms with E-state index in [0.717, 1.165) is 28.1 Å². The summed E-state index contributed by atoms with van der Waals surface area (Å²) in [5, 5.41) is 3.01. The van der Waals surface area contributed by atoms with Crippen molar-refractivity contribution >= 4 is 21.7 Å². The standard InChI is InChI=1S/C14H16BrN3O/c1-3-12-17-13(16-2)8-14(18-12)19-9-10-5-4-6-11(15)7-10/h4-8H,3,9H2,1-2H3,(H,16,17,18). The van der Waals surface area contributed by atoms with E-state index in [9.17, 15) is 0 Å². The van der Waals surface area contributed by atoms with E-state index in [-0.39, 0.29) is 0 Å². The highest BCUT2D eigenvalue weighted by molar-refractivity contribution is 9.10. The van der Waals surface area contributed by atoms with Crippen LogP contribution in [0.4, 0.5) is 5.82 Å². The minimum absolute atomic E-state index is 0.489. The summed E-state index contributed by atoms with van der Waals surface area (Å²) >= 11 is 3.44. The van der Waals surface area contributed by atoms with Crippen LogP contribution in [-0.2, 0) is 13.0 Å². The molecule has 2 rings (SSSR count). The smallest absolute Gasteiger partial charge is 0.219 e. The number of benzene rings is 1. The molecular weight excluding hydrogens is 306 g/mol. The van der Waals surface area contributed by atoms with E-state index in [2.05, 4.69) is 31.2 Å². The fourth-order valence-electron chi connectivity index (χ4n) is 1.62. The van der Waals surface area contributed by atoms with Gasteiger partial charge in [-0.1, -0.05) is 35.0 Å². The summed E-state index contributed by atoms with van der Waals surface area (Å²) in [6.07, 6.45) is 0.781. The van der Waals surface area contributed by atoms with Crippen molar-refractivity contribution in [2.45, 2.75) is 20.0 Å². The summed E-state index contributed by atoms with van der Waals surface area (Å²) in [5.41, 5.74) is 1.09. The molecule has 1 heterocycles. The third-order valence-electron chi connectivity index (χ3n) is 2.60. The Labute approximate surface area is 121 Å².